The number of nitrogen functional groups attached to an aromatic ring is 1. The van der Waals surface area contributed by atoms with E-state index in [1.54, 1.807) is 6.08 Å². The normalized spacial score (nSPS) is 26.9. The van der Waals surface area contributed by atoms with Crippen LogP contribution in [0.2, 0.25) is 0 Å². The number of aromatic nitrogens is 2. The highest BCUT2D eigenvalue weighted by Gasteiger charge is 2.33. The largest absolute Gasteiger partial charge is 0.404 e. The van der Waals surface area contributed by atoms with Crippen LogP contribution >= 0.6 is 0 Å². The number of ketones is 1. The molecule has 1 fully saturated rings. The van der Waals surface area contributed by atoms with Crippen molar-refractivity contribution in [3.05, 3.63) is 34.3 Å². The summed E-state index contributed by atoms with van der Waals surface area (Å²) in [5, 5.41) is 16.6. The number of aliphatic hydroxyl groups is 1. The van der Waals surface area contributed by atoms with Gasteiger partial charge in [-0.3, -0.25) is 4.79 Å². The molecule has 0 amide bonds. The fraction of sp³-hybridized carbons (Fsp3) is 0.545. The van der Waals surface area contributed by atoms with Gasteiger partial charge < -0.3 is 26.7 Å². The summed E-state index contributed by atoms with van der Waals surface area (Å²) >= 11 is 0. The van der Waals surface area contributed by atoms with E-state index in [4.69, 9.17) is 26.7 Å². The number of nitrogens with two attached hydrogens (primary N) is 2. The molecule has 8 nitrogen and oxygen atoms in total. The monoisotopic (exact) mass is 413 g/mol. The van der Waals surface area contributed by atoms with Crippen molar-refractivity contribution in [2.75, 3.05) is 18.9 Å². The number of aliphatic hydroxyl groups excluding tert-OH is 1. The van der Waals surface area contributed by atoms with Gasteiger partial charge in [0.25, 0.3) is 0 Å². The Labute approximate surface area is 176 Å². The van der Waals surface area contributed by atoms with Crippen molar-refractivity contribution in [3.63, 3.8) is 0 Å². The number of hydrogen-bond acceptors (Lipinski definition) is 8. The molecule has 30 heavy (non-hydrogen) atoms. The Hall–Kier alpha value is -2.58. The Kier molecular flexibility index (Phi) is 7.33. The summed E-state index contributed by atoms with van der Waals surface area (Å²) in [5.74, 6) is 0.693. The zero-order chi connectivity index (χ0) is 21.7. The zero-order valence-corrected chi connectivity index (χ0v) is 17.4. The van der Waals surface area contributed by atoms with E-state index in [1.807, 2.05) is 6.92 Å². The highest BCUT2D eigenvalue weighted by molar-refractivity contribution is 6.10. The number of fused-ring (bicyclic) bond motifs is 1. The lowest BCUT2D eigenvalue weighted by Gasteiger charge is -2.35. The van der Waals surface area contributed by atoms with Crippen molar-refractivity contribution in [1.82, 2.24) is 9.97 Å². The van der Waals surface area contributed by atoms with E-state index in [0.717, 1.165) is 48.8 Å². The van der Waals surface area contributed by atoms with Crippen LogP contribution < -0.4 is 11.5 Å². The minimum Gasteiger partial charge on any atom is -0.404 e. The number of ether oxygens (including phenoxy) is 1. The molecule has 0 aromatic carbocycles. The molecular formula is C22H31N5O3. The number of allylic oxidation sites excluding steroid dienone is 2. The average molecular weight is 414 g/mol. The van der Waals surface area contributed by atoms with Crippen LogP contribution in [0, 0.1) is 18.3 Å². The van der Waals surface area contributed by atoms with E-state index in [0.29, 0.717) is 36.5 Å². The fourth-order valence-electron chi connectivity index (χ4n) is 4.67. The molecule has 1 unspecified atom stereocenters. The van der Waals surface area contributed by atoms with Crippen molar-refractivity contribution < 1.29 is 14.6 Å². The maximum Gasteiger partial charge on any atom is 0.220 e. The lowest BCUT2D eigenvalue weighted by molar-refractivity contribution is -0.115. The smallest absolute Gasteiger partial charge is 0.220 e. The second-order valence-electron chi connectivity index (χ2n) is 7.99. The number of carbonyl (C=O) groups excluding carboxylic acids is 1. The van der Waals surface area contributed by atoms with Crippen molar-refractivity contribution in [2.24, 2.45) is 11.7 Å². The Morgan fingerprint density at radius 2 is 2.03 bits per heavy atom. The Bertz CT molecular complexity index is 857. The van der Waals surface area contributed by atoms with E-state index in [1.165, 1.54) is 6.20 Å². The van der Waals surface area contributed by atoms with Gasteiger partial charge in [-0.15, -0.1) is 0 Å². The van der Waals surface area contributed by atoms with Crippen LogP contribution in [0.3, 0.4) is 0 Å². The number of anilines is 1. The standard InChI is InChI=1S/C22H31N5O3/c1-13-18-10-19(15(11-23)12-24)20(29)7-6-17(21(18)27-22(25)26-13)14-2-4-16(5-3-14)30-9-8-28/h10-12,14,16-17,23,28H,2-9,24H2,1H3,(H2,25,26,27)/b15-12+,19-10-,23-11?. The minimum absolute atomic E-state index is 0.0259. The van der Waals surface area contributed by atoms with E-state index >= 15 is 0 Å². The molecule has 1 heterocycles. The Morgan fingerprint density at radius 3 is 2.67 bits per heavy atom. The summed E-state index contributed by atoms with van der Waals surface area (Å²) < 4.78 is 5.70. The molecule has 0 saturated heterocycles. The van der Waals surface area contributed by atoms with Crippen LogP contribution in [0.15, 0.2) is 17.3 Å². The lowest BCUT2D eigenvalue weighted by atomic mass is 9.73. The SMILES string of the molecule is Cc1nc(N)nc2c1/C=C(/C(C=N)=C/N)C(=O)CCC2C1CCC(OCCO)CC1. The molecule has 6 N–H and O–H groups in total. The maximum absolute atomic E-state index is 12.9. The molecule has 0 bridgehead atoms. The second-order valence-corrected chi connectivity index (χ2v) is 7.99. The predicted octanol–water partition coefficient (Wildman–Crippen LogP) is 2.26. The van der Waals surface area contributed by atoms with Gasteiger partial charge in [-0.1, -0.05) is 0 Å². The number of nitrogens with zero attached hydrogens (tertiary/aromatic N) is 2. The topological polar surface area (TPSA) is 148 Å². The van der Waals surface area contributed by atoms with Gasteiger partial charge in [0.05, 0.1) is 30.7 Å². The molecule has 162 valence electrons. The van der Waals surface area contributed by atoms with Crippen LogP contribution in [0.1, 0.15) is 61.4 Å². The number of Topliss-reactive ketones (excluding diaryl/α,β-unsaturated/α-hetero) is 1. The van der Waals surface area contributed by atoms with Gasteiger partial charge in [0.15, 0.2) is 5.78 Å². The Balaban J connectivity index is 1.97. The molecule has 1 aromatic heterocycles. The van der Waals surface area contributed by atoms with E-state index in [9.17, 15) is 4.79 Å². The van der Waals surface area contributed by atoms with E-state index in [2.05, 4.69) is 9.97 Å². The van der Waals surface area contributed by atoms with Gasteiger partial charge in [0.2, 0.25) is 5.95 Å². The molecular weight excluding hydrogens is 382 g/mol. The van der Waals surface area contributed by atoms with Gasteiger partial charge in [0, 0.05) is 41.5 Å². The van der Waals surface area contributed by atoms with Crippen molar-refractivity contribution in [2.45, 2.75) is 57.5 Å². The summed E-state index contributed by atoms with van der Waals surface area (Å²) in [4.78, 5) is 21.9. The molecule has 0 radical (unpaired) electrons. The second kappa shape index (κ2) is 9.95. The summed E-state index contributed by atoms with van der Waals surface area (Å²) in [6, 6.07) is 0. The van der Waals surface area contributed by atoms with Gasteiger partial charge in [-0.05, 0) is 51.0 Å². The third-order valence-corrected chi connectivity index (χ3v) is 6.18. The lowest BCUT2D eigenvalue weighted by Crippen LogP contribution is -2.28. The molecule has 1 saturated carbocycles. The molecule has 0 aliphatic heterocycles. The van der Waals surface area contributed by atoms with E-state index < -0.39 is 0 Å². The minimum atomic E-state index is -0.0259. The molecule has 1 aromatic rings. The van der Waals surface area contributed by atoms with Gasteiger partial charge in [-0.2, -0.15) is 0 Å². The maximum atomic E-state index is 12.9. The number of nitrogens with one attached hydrogen (secondary N) is 1. The third-order valence-electron chi connectivity index (χ3n) is 6.18. The first-order chi connectivity index (χ1) is 14.5. The van der Waals surface area contributed by atoms with Crippen molar-refractivity contribution in [1.29, 1.82) is 5.41 Å². The molecule has 3 rings (SSSR count). The van der Waals surface area contributed by atoms with Crippen LogP contribution in [0.5, 0.6) is 0 Å². The molecule has 8 heteroatoms. The first-order valence-corrected chi connectivity index (χ1v) is 10.5. The van der Waals surface area contributed by atoms with Crippen LogP contribution in [-0.4, -0.2) is 46.4 Å². The first-order valence-electron chi connectivity index (χ1n) is 10.5. The summed E-state index contributed by atoms with van der Waals surface area (Å²) in [6.45, 7) is 2.28. The van der Waals surface area contributed by atoms with Gasteiger partial charge >= 0.3 is 0 Å². The quantitative estimate of drug-likeness (QED) is 0.523. The van der Waals surface area contributed by atoms with Crippen LogP contribution in [-0.2, 0) is 9.53 Å². The van der Waals surface area contributed by atoms with Crippen LogP contribution in [0.4, 0.5) is 5.95 Å². The first kappa shape index (κ1) is 22.1. The number of rotatable bonds is 6. The van der Waals surface area contributed by atoms with Crippen LogP contribution in [0.25, 0.3) is 6.08 Å². The summed E-state index contributed by atoms with van der Waals surface area (Å²) in [6.07, 6.45) is 9.19. The molecule has 0 spiro atoms. The fourth-order valence-corrected chi connectivity index (χ4v) is 4.67. The molecule has 2 aliphatic carbocycles. The van der Waals surface area contributed by atoms with Crippen molar-refractivity contribution in [3.8, 4) is 0 Å². The number of aryl methyl sites for hydroxylation is 1. The van der Waals surface area contributed by atoms with E-state index in [-0.39, 0.29) is 30.4 Å². The highest BCUT2D eigenvalue weighted by Crippen LogP contribution is 2.42. The zero-order valence-electron chi connectivity index (χ0n) is 17.4. The number of carbonyl (C=O) groups is 1. The number of hydrogen-bond donors (Lipinski definition) is 4. The average Bonchev–Trinajstić information content (AvgIpc) is 2.73. The predicted molar refractivity (Wildman–Crippen MR) is 116 cm³/mol. The van der Waals surface area contributed by atoms with Gasteiger partial charge in [0.1, 0.15) is 0 Å². The third kappa shape index (κ3) is 4.76. The van der Waals surface area contributed by atoms with Crippen molar-refractivity contribution >= 4 is 24.0 Å². The summed E-state index contributed by atoms with van der Waals surface area (Å²) in [7, 11) is 0. The molecule has 2 aliphatic rings. The summed E-state index contributed by atoms with van der Waals surface area (Å²) in [5.41, 5.74) is 14.9. The van der Waals surface area contributed by atoms with Gasteiger partial charge in [-0.25, -0.2) is 9.97 Å². The molecule has 1 atom stereocenters. The Morgan fingerprint density at radius 1 is 1.30 bits per heavy atom. The highest BCUT2D eigenvalue weighted by atomic mass is 16.5.